The number of methoxy groups -OCH3 is 3. The molecule has 2 aromatic rings. The van der Waals surface area contributed by atoms with Gasteiger partial charge in [0.05, 0.1) is 26.9 Å². The molecular formula is C21H20N2O7. The third-order valence-electron chi connectivity index (χ3n) is 4.10. The van der Waals surface area contributed by atoms with Crippen LogP contribution in [0, 0.1) is 0 Å². The Balaban J connectivity index is 1.98. The van der Waals surface area contributed by atoms with Crippen LogP contribution in [0.1, 0.15) is 11.1 Å². The van der Waals surface area contributed by atoms with Crippen molar-refractivity contribution in [1.82, 2.24) is 0 Å². The number of hydrogen-bond donors (Lipinski definition) is 1. The van der Waals surface area contributed by atoms with E-state index in [-0.39, 0.29) is 24.0 Å². The van der Waals surface area contributed by atoms with Gasteiger partial charge in [0.1, 0.15) is 5.75 Å². The first kappa shape index (κ1) is 20.7. The number of ether oxygens (including phenoxy) is 5. The molecule has 9 heteroatoms. The first-order valence-electron chi connectivity index (χ1n) is 8.80. The molecule has 0 spiro atoms. The normalized spacial score (nSPS) is 14.2. The minimum Gasteiger partial charge on any atom is -0.496 e. The molecule has 1 aliphatic heterocycles. The summed E-state index contributed by atoms with van der Waals surface area (Å²) in [5, 5.41) is 0. The lowest BCUT2D eigenvalue weighted by Gasteiger charge is -2.14. The zero-order chi connectivity index (χ0) is 21.7. The highest BCUT2D eigenvalue weighted by atomic mass is 16.6. The molecule has 0 fully saturated rings. The van der Waals surface area contributed by atoms with Crippen LogP contribution in [-0.2, 0) is 14.3 Å². The van der Waals surface area contributed by atoms with Crippen molar-refractivity contribution < 1.29 is 33.3 Å². The molecule has 0 saturated carbocycles. The lowest BCUT2D eigenvalue weighted by Crippen LogP contribution is -2.20. The van der Waals surface area contributed by atoms with Crippen LogP contribution >= 0.6 is 0 Å². The van der Waals surface area contributed by atoms with Crippen molar-refractivity contribution in [1.29, 1.82) is 0 Å². The molecule has 1 amide bonds. The predicted molar refractivity (Wildman–Crippen MR) is 108 cm³/mol. The van der Waals surface area contributed by atoms with Gasteiger partial charge >= 0.3 is 5.97 Å². The lowest BCUT2D eigenvalue weighted by molar-refractivity contribution is -0.130. The van der Waals surface area contributed by atoms with Gasteiger partial charge < -0.3 is 29.4 Å². The second-order valence-corrected chi connectivity index (χ2v) is 6.05. The van der Waals surface area contributed by atoms with Gasteiger partial charge in [-0.1, -0.05) is 12.1 Å². The highest BCUT2D eigenvalue weighted by molar-refractivity contribution is 6.13. The van der Waals surface area contributed by atoms with Crippen LogP contribution in [0.15, 0.2) is 47.1 Å². The molecule has 156 valence electrons. The number of nitrogens with zero attached hydrogens (tertiary/aromatic N) is 1. The van der Waals surface area contributed by atoms with Crippen LogP contribution < -0.4 is 24.7 Å². The molecule has 1 heterocycles. The standard InChI is InChI=1S/C21H20N2O7/c1-26-15-7-5-4-6-13(15)20-23-14(21(25)30-20)8-12-9-16(27-2)19(17(10-12)28-3)29-11-18(22)24/h4-10H,11H2,1-3H3,(H2,22,24)/b14-8-. The fraction of sp³-hybridized carbons (Fsp3) is 0.190. The summed E-state index contributed by atoms with van der Waals surface area (Å²) < 4.78 is 26.6. The van der Waals surface area contributed by atoms with Gasteiger partial charge in [-0.05, 0) is 35.9 Å². The number of aliphatic imine (C=N–C) groups is 1. The maximum absolute atomic E-state index is 12.3. The van der Waals surface area contributed by atoms with Crippen LogP contribution in [-0.4, -0.2) is 45.7 Å². The number of cyclic esters (lactones) is 1. The summed E-state index contributed by atoms with van der Waals surface area (Å²) >= 11 is 0. The van der Waals surface area contributed by atoms with Gasteiger partial charge in [0.2, 0.25) is 11.6 Å². The van der Waals surface area contributed by atoms with Gasteiger partial charge in [-0.2, -0.15) is 0 Å². The monoisotopic (exact) mass is 412 g/mol. The number of benzene rings is 2. The maximum atomic E-state index is 12.3. The van der Waals surface area contributed by atoms with Crippen LogP contribution in [0.25, 0.3) is 6.08 Å². The largest absolute Gasteiger partial charge is 0.496 e. The van der Waals surface area contributed by atoms with Crippen LogP contribution in [0.4, 0.5) is 0 Å². The minimum absolute atomic E-state index is 0.0887. The van der Waals surface area contributed by atoms with Crippen LogP contribution in [0.3, 0.4) is 0 Å². The smallest absolute Gasteiger partial charge is 0.363 e. The third kappa shape index (κ3) is 4.35. The maximum Gasteiger partial charge on any atom is 0.363 e. The number of hydrogen-bond acceptors (Lipinski definition) is 8. The van der Waals surface area contributed by atoms with E-state index in [0.717, 1.165) is 0 Å². The van der Waals surface area contributed by atoms with Gasteiger partial charge in [-0.3, -0.25) is 4.79 Å². The number of primary amides is 1. The average Bonchev–Trinajstić information content (AvgIpc) is 3.11. The molecule has 2 aromatic carbocycles. The average molecular weight is 412 g/mol. The van der Waals surface area contributed by atoms with Gasteiger partial charge in [0.15, 0.2) is 23.8 Å². The first-order chi connectivity index (χ1) is 14.5. The highest BCUT2D eigenvalue weighted by Gasteiger charge is 2.26. The predicted octanol–water partition coefficient (Wildman–Crippen LogP) is 1.92. The molecule has 0 atom stereocenters. The lowest BCUT2D eigenvalue weighted by atomic mass is 10.1. The topological polar surface area (TPSA) is 119 Å². The van der Waals surface area contributed by atoms with Gasteiger partial charge in [0, 0.05) is 0 Å². The first-order valence-corrected chi connectivity index (χ1v) is 8.80. The Morgan fingerprint density at radius 2 is 1.70 bits per heavy atom. The Morgan fingerprint density at radius 3 is 2.30 bits per heavy atom. The molecule has 9 nitrogen and oxygen atoms in total. The molecule has 0 unspecified atom stereocenters. The van der Waals surface area contributed by atoms with Crippen molar-refractivity contribution in [3.05, 3.63) is 53.2 Å². The SMILES string of the molecule is COc1ccccc1C1=N/C(=C\c2cc(OC)c(OCC(N)=O)c(OC)c2)C(=O)O1. The van der Waals surface area contributed by atoms with E-state index in [2.05, 4.69) is 4.99 Å². The van der Waals surface area contributed by atoms with E-state index < -0.39 is 11.9 Å². The minimum atomic E-state index is -0.641. The van der Waals surface area contributed by atoms with E-state index in [4.69, 9.17) is 29.4 Å². The van der Waals surface area contributed by atoms with E-state index in [0.29, 0.717) is 28.4 Å². The molecule has 0 radical (unpaired) electrons. The van der Waals surface area contributed by atoms with Crippen molar-refractivity contribution >= 4 is 23.9 Å². The number of carbonyl (C=O) groups is 2. The van der Waals surface area contributed by atoms with E-state index in [1.807, 2.05) is 0 Å². The van der Waals surface area contributed by atoms with Gasteiger partial charge in [0.25, 0.3) is 5.91 Å². The molecule has 2 N–H and O–H groups in total. The number of nitrogens with two attached hydrogens (primary N) is 1. The van der Waals surface area contributed by atoms with E-state index in [1.165, 1.54) is 27.4 Å². The molecule has 0 saturated heterocycles. The fourth-order valence-electron chi connectivity index (χ4n) is 2.77. The van der Waals surface area contributed by atoms with E-state index in [9.17, 15) is 9.59 Å². The summed E-state index contributed by atoms with van der Waals surface area (Å²) in [4.78, 5) is 27.6. The molecule has 0 aliphatic carbocycles. The summed E-state index contributed by atoms with van der Waals surface area (Å²) in [6, 6.07) is 10.3. The summed E-state index contributed by atoms with van der Waals surface area (Å²) in [7, 11) is 4.39. The Kier molecular flexibility index (Phi) is 6.21. The fourth-order valence-corrected chi connectivity index (χ4v) is 2.77. The third-order valence-corrected chi connectivity index (χ3v) is 4.10. The second kappa shape index (κ2) is 8.99. The molecule has 30 heavy (non-hydrogen) atoms. The van der Waals surface area contributed by atoms with Crippen molar-refractivity contribution in [2.45, 2.75) is 0 Å². The Hall–Kier alpha value is -4.01. The molecule has 3 rings (SSSR count). The number of esters is 1. The molecule has 0 bridgehead atoms. The number of carbonyl (C=O) groups excluding carboxylic acids is 2. The Morgan fingerprint density at radius 1 is 1.07 bits per heavy atom. The zero-order valence-corrected chi connectivity index (χ0v) is 16.6. The zero-order valence-electron chi connectivity index (χ0n) is 16.6. The van der Waals surface area contributed by atoms with E-state index in [1.54, 1.807) is 36.4 Å². The summed E-state index contributed by atoms with van der Waals surface area (Å²) in [5.74, 6) is 0.229. The Labute approximate surface area is 172 Å². The van der Waals surface area contributed by atoms with Crippen LogP contribution in [0.5, 0.6) is 23.0 Å². The number of rotatable bonds is 8. The number of amides is 1. The van der Waals surface area contributed by atoms with Crippen molar-refractivity contribution in [2.24, 2.45) is 10.7 Å². The molecule has 1 aliphatic rings. The summed E-state index contributed by atoms with van der Waals surface area (Å²) in [6.45, 7) is -0.341. The van der Waals surface area contributed by atoms with Crippen molar-refractivity contribution in [3.8, 4) is 23.0 Å². The van der Waals surface area contributed by atoms with Crippen molar-refractivity contribution in [3.63, 3.8) is 0 Å². The van der Waals surface area contributed by atoms with Crippen LogP contribution in [0.2, 0.25) is 0 Å². The quantitative estimate of drug-likeness (QED) is 0.520. The van der Waals surface area contributed by atoms with Crippen molar-refractivity contribution in [2.75, 3.05) is 27.9 Å². The summed E-state index contributed by atoms with van der Waals surface area (Å²) in [5.41, 5.74) is 6.32. The molecular weight excluding hydrogens is 392 g/mol. The highest BCUT2D eigenvalue weighted by Crippen LogP contribution is 2.39. The van der Waals surface area contributed by atoms with E-state index >= 15 is 0 Å². The second-order valence-electron chi connectivity index (χ2n) is 6.05. The van der Waals surface area contributed by atoms with Gasteiger partial charge in [-0.25, -0.2) is 9.79 Å². The summed E-state index contributed by atoms with van der Waals surface area (Å²) in [6.07, 6.45) is 1.52. The number of para-hydroxylation sites is 1. The van der Waals surface area contributed by atoms with Gasteiger partial charge in [-0.15, -0.1) is 0 Å². The molecule has 0 aromatic heterocycles. The Bertz CT molecular complexity index is 1020.